The van der Waals surface area contributed by atoms with E-state index < -0.39 is 11.9 Å². The summed E-state index contributed by atoms with van der Waals surface area (Å²) in [5, 5.41) is 0. The third kappa shape index (κ3) is 2.74. The zero-order valence-corrected chi connectivity index (χ0v) is 9.48. The summed E-state index contributed by atoms with van der Waals surface area (Å²) < 4.78 is 26.0. The van der Waals surface area contributed by atoms with E-state index in [1.165, 1.54) is 12.1 Å². The molecule has 0 amide bonds. The molecule has 1 heterocycles. The smallest absolute Gasteiger partial charge is 0.191 e. The van der Waals surface area contributed by atoms with Crippen LogP contribution in [0.3, 0.4) is 0 Å². The highest BCUT2D eigenvalue weighted by Crippen LogP contribution is 2.32. The van der Waals surface area contributed by atoms with Gasteiger partial charge in [0.25, 0.3) is 0 Å². The van der Waals surface area contributed by atoms with Gasteiger partial charge in [0, 0.05) is 0 Å². The summed E-state index contributed by atoms with van der Waals surface area (Å²) in [6.07, 6.45) is 2.78. The lowest BCUT2D eigenvalue weighted by Gasteiger charge is -2.28. The average Bonchev–Trinajstić information content (AvgIpc) is 2.16. The van der Waals surface area contributed by atoms with Crippen LogP contribution >= 0.6 is 0 Å². The largest absolute Gasteiger partial charge is 0.215 e. The molecule has 0 aromatic carbocycles. The number of pyridine rings is 1. The summed E-state index contributed by atoms with van der Waals surface area (Å²) in [7, 11) is 0. The third-order valence-electron chi connectivity index (χ3n) is 3.04. The molecule has 15 heavy (non-hydrogen) atoms. The molecule has 0 fully saturated rings. The third-order valence-corrected chi connectivity index (χ3v) is 3.04. The second kappa shape index (κ2) is 4.69. The number of nitrogens with zero attached hydrogens (tertiary/aromatic N) is 1. The summed E-state index contributed by atoms with van der Waals surface area (Å²) in [6.45, 7) is 6.14. The van der Waals surface area contributed by atoms with E-state index in [0.29, 0.717) is 5.56 Å². The average molecular weight is 213 g/mol. The van der Waals surface area contributed by atoms with Crippen LogP contribution in [0, 0.1) is 11.9 Å². The molecule has 0 spiro atoms. The Hall–Kier alpha value is -0.990. The van der Waals surface area contributed by atoms with Gasteiger partial charge < -0.3 is 0 Å². The highest BCUT2D eigenvalue weighted by atomic mass is 19.1. The molecule has 1 aromatic heterocycles. The molecule has 0 radical (unpaired) electrons. The summed E-state index contributed by atoms with van der Waals surface area (Å²) in [4.78, 5) is 3.11. The van der Waals surface area contributed by atoms with Crippen LogP contribution in [-0.2, 0) is 5.41 Å². The molecule has 0 saturated carbocycles. The minimum atomic E-state index is -0.735. The Bertz CT molecular complexity index is 318. The maximum absolute atomic E-state index is 13.0. The van der Waals surface area contributed by atoms with E-state index in [1.807, 2.05) is 13.8 Å². The van der Waals surface area contributed by atoms with Crippen molar-refractivity contribution in [1.82, 2.24) is 4.98 Å². The van der Waals surface area contributed by atoms with E-state index in [4.69, 9.17) is 0 Å². The van der Waals surface area contributed by atoms with E-state index in [0.717, 1.165) is 19.3 Å². The lowest BCUT2D eigenvalue weighted by molar-refractivity contribution is 0.403. The molecule has 1 nitrogen and oxygen atoms in total. The van der Waals surface area contributed by atoms with Crippen LogP contribution in [0.4, 0.5) is 8.78 Å². The Kier molecular flexibility index (Phi) is 3.77. The fraction of sp³-hybridized carbons (Fsp3) is 0.583. The molecule has 3 heteroatoms. The number of hydrogen-bond acceptors (Lipinski definition) is 1. The first-order chi connectivity index (χ1) is 7.01. The van der Waals surface area contributed by atoms with E-state index in [1.54, 1.807) is 0 Å². The van der Waals surface area contributed by atoms with Gasteiger partial charge in [-0.3, -0.25) is 0 Å². The van der Waals surface area contributed by atoms with Crippen LogP contribution in [0.5, 0.6) is 0 Å². The minimum Gasteiger partial charge on any atom is -0.191 e. The SMILES string of the molecule is CCCC(C)(CC)c1cc(F)nc(F)c1. The molecule has 0 saturated heterocycles. The van der Waals surface area contributed by atoms with Gasteiger partial charge in [0.05, 0.1) is 0 Å². The van der Waals surface area contributed by atoms with Crippen molar-refractivity contribution in [2.24, 2.45) is 0 Å². The quantitative estimate of drug-likeness (QED) is 0.693. The van der Waals surface area contributed by atoms with E-state index in [2.05, 4.69) is 11.9 Å². The first kappa shape index (κ1) is 12.1. The molecular weight excluding hydrogens is 196 g/mol. The van der Waals surface area contributed by atoms with Crippen molar-refractivity contribution < 1.29 is 8.78 Å². The van der Waals surface area contributed by atoms with Crippen LogP contribution in [0.2, 0.25) is 0 Å². The van der Waals surface area contributed by atoms with Crippen molar-refractivity contribution in [2.45, 2.75) is 45.4 Å². The Morgan fingerprint density at radius 2 is 1.73 bits per heavy atom. The lowest BCUT2D eigenvalue weighted by Crippen LogP contribution is -2.21. The van der Waals surface area contributed by atoms with Gasteiger partial charge in [-0.15, -0.1) is 0 Å². The monoisotopic (exact) mass is 213 g/mol. The van der Waals surface area contributed by atoms with Crippen molar-refractivity contribution in [3.8, 4) is 0 Å². The van der Waals surface area contributed by atoms with E-state index in [9.17, 15) is 8.78 Å². The normalized spacial score (nSPS) is 15.0. The molecule has 84 valence electrons. The van der Waals surface area contributed by atoms with Crippen LogP contribution in [0.15, 0.2) is 12.1 Å². The number of halogens is 2. The van der Waals surface area contributed by atoms with Gasteiger partial charge in [0.2, 0.25) is 11.9 Å². The predicted molar refractivity (Wildman–Crippen MR) is 56.7 cm³/mol. The van der Waals surface area contributed by atoms with Crippen molar-refractivity contribution in [3.63, 3.8) is 0 Å². The van der Waals surface area contributed by atoms with Crippen molar-refractivity contribution >= 4 is 0 Å². The standard InChI is InChI=1S/C12H17F2N/c1-4-6-12(3,5-2)9-7-10(13)15-11(14)8-9/h7-8H,4-6H2,1-3H3. The van der Waals surface area contributed by atoms with Gasteiger partial charge in [0.15, 0.2) is 0 Å². The van der Waals surface area contributed by atoms with Crippen LogP contribution in [0.25, 0.3) is 0 Å². The van der Waals surface area contributed by atoms with E-state index in [-0.39, 0.29) is 5.41 Å². The molecule has 0 aliphatic heterocycles. The van der Waals surface area contributed by atoms with Crippen molar-refractivity contribution in [3.05, 3.63) is 29.6 Å². The highest BCUT2D eigenvalue weighted by Gasteiger charge is 2.24. The number of aromatic nitrogens is 1. The molecular formula is C12H17F2N. The Labute approximate surface area is 89.5 Å². The second-order valence-electron chi connectivity index (χ2n) is 4.17. The Morgan fingerprint density at radius 3 is 2.13 bits per heavy atom. The van der Waals surface area contributed by atoms with Gasteiger partial charge in [-0.1, -0.05) is 27.2 Å². The summed E-state index contributed by atoms with van der Waals surface area (Å²) in [5.74, 6) is -1.47. The molecule has 0 bridgehead atoms. The Morgan fingerprint density at radius 1 is 1.20 bits per heavy atom. The van der Waals surface area contributed by atoms with Crippen LogP contribution in [0.1, 0.15) is 45.6 Å². The molecule has 0 N–H and O–H groups in total. The molecule has 1 rings (SSSR count). The van der Waals surface area contributed by atoms with Crippen molar-refractivity contribution in [1.29, 1.82) is 0 Å². The van der Waals surface area contributed by atoms with Gasteiger partial charge in [0.1, 0.15) is 0 Å². The van der Waals surface area contributed by atoms with Gasteiger partial charge in [-0.25, -0.2) is 0 Å². The first-order valence-electron chi connectivity index (χ1n) is 5.35. The highest BCUT2D eigenvalue weighted by molar-refractivity contribution is 5.22. The topological polar surface area (TPSA) is 12.9 Å². The van der Waals surface area contributed by atoms with E-state index >= 15 is 0 Å². The zero-order valence-electron chi connectivity index (χ0n) is 9.48. The minimum absolute atomic E-state index is 0.153. The van der Waals surface area contributed by atoms with Gasteiger partial charge in [-0.05, 0) is 36.0 Å². The molecule has 0 aliphatic carbocycles. The molecule has 1 aromatic rings. The van der Waals surface area contributed by atoms with Crippen LogP contribution < -0.4 is 0 Å². The summed E-state index contributed by atoms with van der Waals surface area (Å²) in [6, 6.07) is 2.67. The van der Waals surface area contributed by atoms with Gasteiger partial charge in [-0.2, -0.15) is 13.8 Å². The number of hydrogen-bond donors (Lipinski definition) is 0. The fourth-order valence-electron chi connectivity index (χ4n) is 1.89. The van der Waals surface area contributed by atoms with Crippen molar-refractivity contribution in [2.75, 3.05) is 0 Å². The molecule has 1 unspecified atom stereocenters. The molecule has 1 atom stereocenters. The fourth-order valence-corrected chi connectivity index (χ4v) is 1.89. The maximum atomic E-state index is 13.0. The number of rotatable bonds is 4. The summed E-state index contributed by atoms with van der Waals surface area (Å²) in [5.41, 5.74) is 0.552. The second-order valence-corrected chi connectivity index (χ2v) is 4.17. The zero-order chi connectivity index (χ0) is 11.5. The summed E-state index contributed by atoms with van der Waals surface area (Å²) >= 11 is 0. The Balaban J connectivity index is 3.11. The first-order valence-corrected chi connectivity index (χ1v) is 5.35. The molecule has 0 aliphatic rings. The maximum Gasteiger partial charge on any atom is 0.215 e. The lowest BCUT2D eigenvalue weighted by atomic mass is 9.77. The van der Waals surface area contributed by atoms with Gasteiger partial charge >= 0.3 is 0 Å². The predicted octanol–water partition coefficient (Wildman–Crippen LogP) is 3.83. The van der Waals surface area contributed by atoms with Crippen LogP contribution in [-0.4, -0.2) is 4.98 Å².